The van der Waals surface area contributed by atoms with Crippen LogP contribution >= 0.6 is 11.3 Å². The van der Waals surface area contributed by atoms with Gasteiger partial charge < -0.3 is 5.11 Å². The van der Waals surface area contributed by atoms with E-state index >= 15 is 0 Å². The Morgan fingerprint density at radius 2 is 2.38 bits per heavy atom. The van der Waals surface area contributed by atoms with Crippen LogP contribution in [-0.4, -0.2) is 38.1 Å². The van der Waals surface area contributed by atoms with Crippen molar-refractivity contribution in [2.45, 2.75) is 51.8 Å². The van der Waals surface area contributed by atoms with E-state index in [9.17, 15) is 9.90 Å². The van der Waals surface area contributed by atoms with E-state index in [1.165, 1.54) is 11.3 Å². The number of fused-ring (bicyclic) bond motifs is 1. The molecule has 1 saturated heterocycles. The van der Waals surface area contributed by atoms with Gasteiger partial charge in [-0.25, -0.2) is 4.98 Å². The number of likely N-dealkylation sites (tertiary alicyclic amines) is 1. The first kappa shape index (κ1) is 14.7. The molecule has 114 valence electrons. The first-order valence-electron chi connectivity index (χ1n) is 7.43. The van der Waals surface area contributed by atoms with Gasteiger partial charge in [-0.2, -0.15) is 0 Å². The molecular weight excluding hydrogens is 286 g/mol. The average molecular weight is 307 g/mol. The molecule has 3 rings (SSSR count). The Hall–Kier alpha value is -1.24. The Morgan fingerprint density at radius 1 is 1.57 bits per heavy atom. The Kier molecular flexibility index (Phi) is 4.10. The molecule has 1 aliphatic heterocycles. The zero-order valence-corrected chi connectivity index (χ0v) is 13.3. The monoisotopic (exact) mass is 307 g/mol. The van der Waals surface area contributed by atoms with E-state index in [0.717, 1.165) is 42.2 Å². The molecule has 2 aromatic rings. The van der Waals surface area contributed by atoms with Crippen LogP contribution in [0, 0.1) is 6.92 Å². The van der Waals surface area contributed by atoms with Gasteiger partial charge in [0.15, 0.2) is 4.96 Å². The summed E-state index contributed by atoms with van der Waals surface area (Å²) in [4.78, 5) is 19.9. The minimum absolute atomic E-state index is 0.0000215. The van der Waals surface area contributed by atoms with Gasteiger partial charge >= 0.3 is 0 Å². The van der Waals surface area contributed by atoms with E-state index in [4.69, 9.17) is 0 Å². The largest absolute Gasteiger partial charge is 0.393 e. The minimum atomic E-state index is -0.281. The first-order chi connectivity index (χ1) is 10.0. The van der Waals surface area contributed by atoms with Crippen LogP contribution in [0.4, 0.5) is 0 Å². The molecule has 0 spiro atoms. The zero-order valence-electron chi connectivity index (χ0n) is 12.5. The van der Waals surface area contributed by atoms with Crippen molar-refractivity contribution in [3.05, 3.63) is 33.2 Å². The van der Waals surface area contributed by atoms with Crippen molar-refractivity contribution in [1.82, 2.24) is 14.3 Å². The molecule has 0 saturated carbocycles. The molecule has 2 atom stereocenters. The van der Waals surface area contributed by atoms with Crippen molar-refractivity contribution < 1.29 is 5.11 Å². The maximum Gasteiger partial charge on any atom is 0.259 e. The van der Waals surface area contributed by atoms with Crippen molar-refractivity contribution in [2.24, 2.45) is 0 Å². The summed E-state index contributed by atoms with van der Waals surface area (Å²) in [5.74, 6) is 0. The summed E-state index contributed by atoms with van der Waals surface area (Å²) in [6.45, 7) is 5.47. The molecule has 1 fully saturated rings. The minimum Gasteiger partial charge on any atom is -0.393 e. The molecule has 2 aromatic heterocycles. The fourth-order valence-corrected chi connectivity index (χ4v) is 4.04. The van der Waals surface area contributed by atoms with Gasteiger partial charge in [-0.3, -0.25) is 14.1 Å². The second-order valence-corrected chi connectivity index (χ2v) is 6.77. The summed E-state index contributed by atoms with van der Waals surface area (Å²) < 4.78 is 1.66. The fraction of sp³-hybridized carbons (Fsp3) is 0.600. The van der Waals surface area contributed by atoms with E-state index in [2.05, 4.69) is 9.88 Å². The van der Waals surface area contributed by atoms with Crippen LogP contribution in [0.3, 0.4) is 0 Å². The average Bonchev–Trinajstić information content (AvgIpc) is 2.97. The highest BCUT2D eigenvalue weighted by Gasteiger charge is 2.26. The molecular formula is C15H21N3O2S. The molecule has 0 amide bonds. The third kappa shape index (κ3) is 3.02. The first-order valence-corrected chi connectivity index (χ1v) is 8.31. The second-order valence-electron chi connectivity index (χ2n) is 5.93. The lowest BCUT2D eigenvalue weighted by molar-refractivity contribution is 0.130. The van der Waals surface area contributed by atoms with Crippen LogP contribution in [-0.2, 0) is 6.54 Å². The topological polar surface area (TPSA) is 57.8 Å². The normalized spacial score (nSPS) is 21.2. The zero-order chi connectivity index (χ0) is 15.0. The van der Waals surface area contributed by atoms with Crippen molar-refractivity contribution in [2.75, 3.05) is 6.54 Å². The lowest BCUT2D eigenvalue weighted by Gasteiger charge is -2.25. The van der Waals surface area contributed by atoms with Gasteiger partial charge in [0.05, 0.1) is 11.8 Å². The summed E-state index contributed by atoms with van der Waals surface area (Å²) >= 11 is 1.50. The smallest absolute Gasteiger partial charge is 0.259 e. The number of aryl methyl sites for hydroxylation is 1. The second kappa shape index (κ2) is 5.87. The molecule has 1 aliphatic rings. The lowest BCUT2D eigenvalue weighted by Crippen LogP contribution is -2.32. The van der Waals surface area contributed by atoms with Crippen molar-refractivity contribution in [1.29, 1.82) is 0 Å². The molecule has 6 heteroatoms. The highest BCUT2D eigenvalue weighted by atomic mass is 32.1. The Balaban J connectivity index is 1.83. The summed E-state index contributed by atoms with van der Waals surface area (Å²) in [7, 11) is 0. The number of hydrogen-bond donors (Lipinski definition) is 1. The SMILES string of the molecule is Cc1csc2nc(CN3CCCC3CC(C)O)cc(=O)n12. The number of aliphatic hydroxyl groups excluding tert-OH is 1. The van der Waals surface area contributed by atoms with Gasteiger partial charge in [0.1, 0.15) is 0 Å². The molecule has 0 aromatic carbocycles. The number of rotatable bonds is 4. The number of hydrogen-bond acceptors (Lipinski definition) is 5. The summed E-state index contributed by atoms with van der Waals surface area (Å²) in [5, 5.41) is 11.5. The predicted molar refractivity (Wildman–Crippen MR) is 83.8 cm³/mol. The quantitative estimate of drug-likeness (QED) is 0.936. The Bertz CT molecular complexity index is 692. The Morgan fingerprint density at radius 3 is 3.14 bits per heavy atom. The van der Waals surface area contributed by atoms with Gasteiger partial charge in [-0.15, -0.1) is 11.3 Å². The number of thiazole rings is 1. The third-order valence-corrected chi connectivity index (χ3v) is 5.05. The number of nitrogens with zero attached hydrogens (tertiary/aromatic N) is 3. The van der Waals surface area contributed by atoms with E-state index in [1.54, 1.807) is 10.5 Å². The number of aromatic nitrogens is 2. The van der Waals surface area contributed by atoms with E-state index in [0.29, 0.717) is 12.6 Å². The van der Waals surface area contributed by atoms with E-state index < -0.39 is 0 Å². The van der Waals surface area contributed by atoms with Gasteiger partial charge in [-0.1, -0.05) is 0 Å². The maximum atomic E-state index is 12.2. The van der Waals surface area contributed by atoms with Crippen molar-refractivity contribution in [3.8, 4) is 0 Å². The number of aliphatic hydroxyl groups is 1. The van der Waals surface area contributed by atoms with Gasteiger partial charge in [0.25, 0.3) is 5.56 Å². The van der Waals surface area contributed by atoms with E-state index in [-0.39, 0.29) is 11.7 Å². The summed E-state index contributed by atoms with van der Waals surface area (Å²) in [6, 6.07) is 2.04. The third-order valence-electron chi connectivity index (χ3n) is 4.11. The van der Waals surface area contributed by atoms with Crippen LogP contribution in [0.25, 0.3) is 4.96 Å². The highest BCUT2D eigenvalue weighted by Crippen LogP contribution is 2.23. The van der Waals surface area contributed by atoms with Gasteiger partial charge in [0.2, 0.25) is 0 Å². The van der Waals surface area contributed by atoms with Crippen molar-refractivity contribution in [3.63, 3.8) is 0 Å². The van der Waals surface area contributed by atoms with Crippen LogP contribution < -0.4 is 5.56 Å². The van der Waals surface area contributed by atoms with E-state index in [1.807, 2.05) is 19.2 Å². The fourth-order valence-electron chi connectivity index (χ4n) is 3.15. The molecule has 3 heterocycles. The Labute approximate surface area is 127 Å². The van der Waals surface area contributed by atoms with Crippen LogP contribution in [0.1, 0.15) is 37.6 Å². The predicted octanol–water partition coefficient (Wildman–Crippen LogP) is 1.80. The van der Waals surface area contributed by atoms with Gasteiger partial charge in [0, 0.05) is 29.7 Å². The molecule has 5 nitrogen and oxygen atoms in total. The van der Waals surface area contributed by atoms with Crippen LogP contribution in [0.15, 0.2) is 16.2 Å². The standard InChI is InChI=1S/C15H21N3O2S/c1-10-9-21-15-16-12(7-14(20)18(10)15)8-17-5-3-4-13(17)6-11(2)19/h7,9,11,13,19H,3-6,8H2,1-2H3. The highest BCUT2D eigenvalue weighted by molar-refractivity contribution is 7.15. The molecule has 0 bridgehead atoms. The van der Waals surface area contributed by atoms with Crippen LogP contribution in [0.5, 0.6) is 0 Å². The van der Waals surface area contributed by atoms with Crippen LogP contribution in [0.2, 0.25) is 0 Å². The molecule has 0 radical (unpaired) electrons. The molecule has 0 aliphatic carbocycles. The molecule has 21 heavy (non-hydrogen) atoms. The molecule has 2 unspecified atom stereocenters. The van der Waals surface area contributed by atoms with Gasteiger partial charge in [-0.05, 0) is 39.7 Å². The maximum absolute atomic E-state index is 12.2. The summed E-state index contributed by atoms with van der Waals surface area (Å²) in [5.41, 5.74) is 1.77. The summed E-state index contributed by atoms with van der Waals surface area (Å²) in [6.07, 6.45) is 2.77. The lowest BCUT2D eigenvalue weighted by atomic mass is 10.1. The van der Waals surface area contributed by atoms with Crippen molar-refractivity contribution >= 4 is 16.3 Å². The molecule has 1 N–H and O–H groups in total.